The third-order valence-corrected chi connectivity index (χ3v) is 4.58. The number of rotatable bonds is 5. The topological polar surface area (TPSA) is 45.5 Å². The van der Waals surface area contributed by atoms with Crippen LogP contribution in [-0.4, -0.2) is 39.8 Å². The number of aromatic nitrogens is 1. The van der Waals surface area contributed by atoms with Crippen LogP contribution in [0.15, 0.2) is 10.2 Å². The van der Waals surface area contributed by atoms with Gasteiger partial charge in [0, 0.05) is 30.2 Å². The number of nitrogens with zero attached hydrogens (tertiary/aromatic N) is 2. The molecular formula is C13H22N2O2S. The zero-order valence-electron chi connectivity index (χ0n) is 11.1. The molecule has 1 saturated heterocycles. The van der Waals surface area contributed by atoms with Crippen molar-refractivity contribution in [3.8, 4) is 0 Å². The van der Waals surface area contributed by atoms with Gasteiger partial charge in [0.25, 0.3) is 0 Å². The first-order chi connectivity index (χ1) is 8.58. The van der Waals surface area contributed by atoms with Crippen LogP contribution in [0, 0.1) is 6.92 Å². The third-order valence-electron chi connectivity index (χ3n) is 3.70. The van der Waals surface area contributed by atoms with Gasteiger partial charge >= 0.3 is 4.87 Å². The molecule has 5 heteroatoms. The monoisotopic (exact) mass is 270 g/mol. The maximum absolute atomic E-state index is 11.6. The highest BCUT2D eigenvalue weighted by Gasteiger charge is 2.25. The van der Waals surface area contributed by atoms with Crippen LogP contribution < -0.4 is 4.87 Å². The SMILES string of the molecule is Cc1csc(=O)n1CCN1CCCC1CC(C)O. The standard InChI is InChI=1S/C13H22N2O2S/c1-10-9-18-13(17)15(10)7-6-14-5-3-4-12(14)8-11(2)16/h9,11-12,16H,3-8H2,1-2H3. The van der Waals surface area contributed by atoms with Crippen molar-refractivity contribution in [2.24, 2.45) is 0 Å². The summed E-state index contributed by atoms with van der Waals surface area (Å²) in [6.07, 6.45) is 2.98. The number of likely N-dealkylation sites (tertiary alicyclic amines) is 1. The molecule has 1 aromatic heterocycles. The molecule has 2 atom stereocenters. The summed E-state index contributed by atoms with van der Waals surface area (Å²) in [5.74, 6) is 0. The van der Waals surface area contributed by atoms with E-state index in [2.05, 4.69) is 4.90 Å². The van der Waals surface area contributed by atoms with E-state index in [1.165, 1.54) is 24.2 Å². The maximum Gasteiger partial charge on any atom is 0.307 e. The predicted molar refractivity (Wildman–Crippen MR) is 74.2 cm³/mol. The Balaban J connectivity index is 1.91. The summed E-state index contributed by atoms with van der Waals surface area (Å²) < 4.78 is 1.85. The smallest absolute Gasteiger partial charge is 0.307 e. The second kappa shape index (κ2) is 5.99. The fourth-order valence-electron chi connectivity index (χ4n) is 2.75. The number of hydrogen-bond acceptors (Lipinski definition) is 4. The minimum absolute atomic E-state index is 0.138. The molecule has 1 N–H and O–H groups in total. The van der Waals surface area contributed by atoms with Crippen LogP contribution in [0.5, 0.6) is 0 Å². The molecule has 2 heterocycles. The molecule has 4 nitrogen and oxygen atoms in total. The molecule has 0 spiro atoms. The Labute approximate surface area is 112 Å². The third kappa shape index (κ3) is 3.22. The molecule has 1 aromatic rings. The van der Waals surface area contributed by atoms with Gasteiger partial charge in [0.05, 0.1) is 6.10 Å². The fourth-order valence-corrected chi connectivity index (χ4v) is 3.51. The number of aryl methyl sites for hydroxylation is 1. The molecule has 2 unspecified atom stereocenters. The average molecular weight is 270 g/mol. The normalized spacial score (nSPS) is 22.5. The molecule has 1 aliphatic rings. The van der Waals surface area contributed by atoms with Crippen molar-refractivity contribution in [1.29, 1.82) is 0 Å². The summed E-state index contributed by atoms with van der Waals surface area (Å²) in [7, 11) is 0. The van der Waals surface area contributed by atoms with Gasteiger partial charge in [-0.05, 0) is 39.7 Å². The van der Waals surface area contributed by atoms with E-state index in [0.717, 1.165) is 31.7 Å². The quantitative estimate of drug-likeness (QED) is 0.881. The van der Waals surface area contributed by atoms with E-state index in [0.29, 0.717) is 6.04 Å². The largest absolute Gasteiger partial charge is 0.393 e. The maximum atomic E-state index is 11.6. The highest BCUT2D eigenvalue weighted by atomic mass is 32.1. The van der Waals surface area contributed by atoms with Crippen molar-refractivity contribution >= 4 is 11.3 Å². The summed E-state index contributed by atoms with van der Waals surface area (Å²) >= 11 is 1.27. The van der Waals surface area contributed by atoms with E-state index >= 15 is 0 Å². The van der Waals surface area contributed by atoms with Gasteiger partial charge in [-0.25, -0.2) is 0 Å². The van der Waals surface area contributed by atoms with E-state index in [-0.39, 0.29) is 11.0 Å². The molecule has 0 radical (unpaired) electrons. The Kier molecular flexibility index (Phi) is 4.59. The number of hydrogen-bond donors (Lipinski definition) is 1. The van der Waals surface area contributed by atoms with Crippen LogP contribution in [-0.2, 0) is 6.54 Å². The molecule has 0 amide bonds. The van der Waals surface area contributed by atoms with Gasteiger partial charge in [0.2, 0.25) is 0 Å². The Hall–Kier alpha value is -0.650. The molecule has 0 bridgehead atoms. The minimum Gasteiger partial charge on any atom is -0.393 e. The van der Waals surface area contributed by atoms with Crippen LogP contribution in [0.25, 0.3) is 0 Å². The van der Waals surface area contributed by atoms with E-state index < -0.39 is 0 Å². The van der Waals surface area contributed by atoms with Gasteiger partial charge in [0.1, 0.15) is 0 Å². The van der Waals surface area contributed by atoms with Crippen LogP contribution >= 0.6 is 11.3 Å². The lowest BCUT2D eigenvalue weighted by atomic mass is 10.1. The van der Waals surface area contributed by atoms with Crippen LogP contribution in [0.2, 0.25) is 0 Å². The number of aliphatic hydroxyl groups excluding tert-OH is 1. The Morgan fingerprint density at radius 3 is 2.94 bits per heavy atom. The zero-order chi connectivity index (χ0) is 13.1. The van der Waals surface area contributed by atoms with Crippen molar-refractivity contribution in [2.75, 3.05) is 13.1 Å². The second-order valence-electron chi connectivity index (χ2n) is 5.21. The van der Waals surface area contributed by atoms with E-state index in [1.54, 1.807) is 0 Å². The Morgan fingerprint density at radius 2 is 2.33 bits per heavy atom. The highest BCUT2D eigenvalue weighted by Crippen LogP contribution is 2.21. The molecule has 0 aliphatic carbocycles. The summed E-state index contributed by atoms with van der Waals surface area (Å²) in [6.45, 7) is 6.61. The first-order valence-electron chi connectivity index (χ1n) is 6.65. The summed E-state index contributed by atoms with van der Waals surface area (Å²) in [4.78, 5) is 14.2. The molecule has 102 valence electrons. The molecule has 1 fully saturated rings. The molecule has 1 aliphatic heterocycles. The lowest BCUT2D eigenvalue weighted by Crippen LogP contribution is -2.35. The van der Waals surface area contributed by atoms with E-state index in [9.17, 15) is 9.90 Å². The van der Waals surface area contributed by atoms with Crippen molar-refractivity contribution in [3.63, 3.8) is 0 Å². The Morgan fingerprint density at radius 1 is 1.56 bits per heavy atom. The second-order valence-corrected chi connectivity index (χ2v) is 6.03. The van der Waals surface area contributed by atoms with Crippen LogP contribution in [0.1, 0.15) is 31.9 Å². The summed E-state index contributed by atoms with van der Waals surface area (Å²) in [6, 6.07) is 0.486. The molecule has 18 heavy (non-hydrogen) atoms. The van der Waals surface area contributed by atoms with Gasteiger partial charge in [-0.3, -0.25) is 9.69 Å². The molecule has 0 aromatic carbocycles. The highest BCUT2D eigenvalue weighted by molar-refractivity contribution is 7.07. The lowest BCUT2D eigenvalue weighted by molar-refractivity contribution is 0.132. The van der Waals surface area contributed by atoms with Crippen molar-refractivity contribution in [1.82, 2.24) is 9.47 Å². The van der Waals surface area contributed by atoms with Crippen LogP contribution in [0.4, 0.5) is 0 Å². The van der Waals surface area contributed by atoms with Gasteiger partial charge in [-0.2, -0.15) is 0 Å². The van der Waals surface area contributed by atoms with E-state index in [1.807, 2.05) is 23.8 Å². The van der Waals surface area contributed by atoms with Gasteiger partial charge in [-0.1, -0.05) is 11.3 Å². The number of thiazole rings is 1. The summed E-state index contributed by atoms with van der Waals surface area (Å²) in [5, 5.41) is 11.4. The Bertz CT molecular complexity index is 438. The van der Waals surface area contributed by atoms with Gasteiger partial charge in [0.15, 0.2) is 0 Å². The first-order valence-corrected chi connectivity index (χ1v) is 7.53. The van der Waals surface area contributed by atoms with E-state index in [4.69, 9.17) is 0 Å². The van der Waals surface area contributed by atoms with Gasteiger partial charge < -0.3 is 9.67 Å². The van der Waals surface area contributed by atoms with Crippen molar-refractivity contribution in [2.45, 2.75) is 51.8 Å². The summed E-state index contributed by atoms with van der Waals surface area (Å²) in [5.41, 5.74) is 1.05. The van der Waals surface area contributed by atoms with Crippen molar-refractivity contribution < 1.29 is 5.11 Å². The predicted octanol–water partition coefficient (Wildman–Crippen LogP) is 1.45. The number of aliphatic hydroxyl groups is 1. The fraction of sp³-hybridized carbons (Fsp3) is 0.769. The first kappa shape index (κ1) is 13.8. The molecular weight excluding hydrogens is 248 g/mol. The lowest BCUT2D eigenvalue weighted by Gasteiger charge is -2.25. The molecule has 2 rings (SSSR count). The molecule has 0 saturated carbocycles. The van der Waals surface area contributed by atoms with Crippen LogP contribution in [0.3, 0.4) is 0 Å². The zero-order valence-corrected chi connectivity index (χ0v) is 11.9. The minimum atomic E-state index is -0.235. The van der Waals surface area contributed by atoms with Crippen molar-refractivity contribution in [3.05, 3.63) is 20.7 Å². The van der Waals surface area contributed by atoms with Gasteiger partial charge in [-0.15, -0.1) is 0 Å². The average Bonchev–Trinajstić information content (AvgIpc) is 2.85.